The first kappa shape index (κ1) is 12.8. The minimum Gasteiger partial charge on any atom is -0.280 e. The Morgan fingerprint density at radius 1 is 1.40 bits per heavy atom. The highest BCUT2D eigenvalue weighted by atomic mass is 35.5. The van der Waals surface area contributed by atoms with Gasteiger partial charge in [-0.3, -0.25) is 4.79 Å². The molecule has 15 heavy (non-hydrogen) atoms. The third kappa shape index (κ3) is 2.47. The van der Waals surface area contributed by atoms with Crippen molar-refractivity contribution in [1.29, 1.82) is 0 Å². The van der Waals surface area contributed by atoms with Gasteiger partial charge in [-0.25, -0.2) is 0 Å². The van der Waals surface area contributed by atoms with Crippen molar-refractivity contribution in [3.8, 4) is 0 Å². The fourth-order valence-electron chi connectivity index (χ4n) is 1.36. The summed E-state index contributed by atoms with van der Waals surface area (Å²) in [4.78, 5) is 11.4. The molecule has 0 radical (unpaired) electrons. The Balaban J connectivity index is 3.35. The quantitative estimate of drug-likeness (QED) is 0.739. The monoisotopic (exact) mass is 264 g/mol. The highest BCUT2D eigenvalue weighted by Crippen LogP contribution is 2.36. The van der Waals surface area contributed by atoms with E-state index in [2.05, 4.69) is 0 Å². The molecule has 0 bridgehead atoms. The van der Waals surface area contributed by atoms with E-state index in [9.17, 15) is 4.79 Å². The van der Waals surface area contributed by atoms with Gasteiger partial charge in [-0.15, -0.1) is 0 Å². The molecular weight excluding hydrogens is 254 g/mol. The third-order valence-electron chi connectivity index (χ3n) is 2.66. The zero-order valence-corrected chi connectivity index (χ0v) is 10.7. The van der Waals surface area contributed by atoms with E-state index in [-0.39, 0.29) is 0 Å². The van der Waals surface area contributed by atoms with E-state index in [1.54, 1.807) is 25.1 Å². The Morgan fingerprint density at radius 3 is 2.47 bits per heavy atom. The van der Waals surface area contributed by atoms with Gasteiger partial charge in [0.25, 0.3) is 0 Å². The van der Waals surface area contributed by atoms with Crippen LogP contribution in [0.4, 0.5) is 0 Å². The number of halogens is 3. The van der Waals surface area contributed by atoms with Crippen molar-refractivity contribution in [2.24, 2.45) is 0 Å². The molecule has 82 valence electrons. The molecule has 0 heterocycles. The molecule has 1 aromatic rings. The van der Waals surface area contributed by atoms with Gasteiger partial charge in [0, 0.05) is 10.0 Å². The second-order valence-electron chi connectivity index (χ2n) is 3.58. The number of rotatable bonds is 3. The molecule has 0 aliphatic rings. The summed E-state index contributed by atoms with van der Waals surface area (Å²) in [5.41, 5.74) is -0.0945. The van der Waals surface area contributed by atoms with Gasteiger partial charge in [0.05, 0.1) is 5.41 Å². The van der Waals surface area contributed by atoms with Crippen LogP contribution < -0.4 is 0 Å². The predicted octanol–water partition coefficient (Wildman–Crippen LogP) is 4.43. The van der Waals surface area contributed by atoms with Crippen LogP contribution in [0.3, 0.4) is 0 Å². The van der Waals surface area contributed by atoms with Gasteiger partial charge in [-0.1, -0.05) is 30.1 Å². The summed E-state index contributed by atoms with van der Waals surface area (Å²) in [6.07, 6.45) is 0.579. The van der Waals surface area contributed by atoms with E-state index in [0.29, 0.717) is 22.0 Å². The summed E-state index contributed by atoms with van der Waals surface area (Å²) in [7, 11) is 0. The Hall–Kier alpha value is -0.240. The van der Waals surface area contributed by atoms with Gasteiger partial charge in [0.15, 0.2) is 0 Å². The predicted molar refractivity (Wildman–Crippen MR) is 65.0 cm³/mol. The Bertz CT molecular complexity index is 389. The fourth-order valence-corrected chi connectivity index (χ4v) is 2.09. The smallest absolute Gasteiger partial charge is 0.231 e. The average molecular weight is 266 g/mol. The Labute approximate surface area is 104 Å². The lowest BCUT2D eigenvalue weighted by Crippen LogP contribution is -2.28. The molecule has 0 N–H and O–H groups in total. The molecule has 1 aromatic carbocycles. The first-order chi connectivity index (χ1) is 6.91. The first-order valence-corrected chi connectivity index (χ1v) is 5.70. The van der Waals surface area contributed by atoms with Crippen molar-refractivity contribution in [3.05, 3.63) is 33.8 Å². The van der Waals surface area contributed by atoms with Crippen molar-refractivity contribution < 1.29 is 4.79 Å². The van der Waals surface area contributed by atoms with Gasteiger partial charge in [-0.2, -0.15) is 0 Å². The van der Waals surface area contributed by atoms with Crippen LogP contribution in [-0.4, -0.2) is 5.24 Å². The molecule has 1 unspecified atom stereocenters. The Morgan fingerprint density at radius 2 is 2.00 bits per heavy atom. The molecular formula is C11H11Cl3O. The molecule has 0 aliphatic carbocycles. The van der Waals surface area contributed by atoms with E-state index in [1.807, 2.05) is 6.92 Å². The maximum Gasteiger partial charge on any atom is 0.231 e. The minimum atomic E-state index is -0.774. The number of benzene rings is 1. The van der Waals surface area contributed by atoms with Crippen molar-refractivity contribution in [3.63, 3.8) is 0 Å². The normalized spacial score (nSPS) is 14.7. The van der Waals surface area contributed by atoms with Crippen LogP contribution in [-0.2, 0) is 10.2 Å². The number of carbonyl (C=O) groups excluding carboxylic acids is 1. The van der Waals surface area contributed by atoms with E-state index < -0.39 is 10.7 Å². The molecule has 4 heteroatoms. The zero-order valence-electron chi connectivity index (χ0n) is 8.48. The van der Waals surface area contributed by atoms with Gasteiger partial charge >= 0.3 is 0 Å². The molecule has 0 spiro atoms. The number of carbonyl (C=O) groups is 1. The Kier molecular flexibility index (Phi) is 4.05. The van der Waals surface area contributed by atoms with E-state index in [0.717, 1.165) is 0 Å². The van der Waals surface area contributed by atoms with Crippen molar-refractivity contribution in [2.45, 2.75) is 25.7 Å². The minimum absolute atomic E-state index is 0.422. The van der Waals surface area contributed by atoms with Gasteiger partial charge < -0.3 is 0 Å². The van der Waals surface area contributed by atoms with Crippen LogP contribution in [0.2, 0.25) is 10.0 Å². The molecule has 1 atom stereocenters. The van der Waals surface area contributed by atoms with Crippen LogP contribution >= 0.6 is 34.8 Å². The van der Waals surface area contributed by atoms with E-state index >= 15 is 0 Å². The summed E-state index contributed by atoms with van der Waals surface area (Å²) < 4.78 is 0. The highest BCUT2D eigenvalue weighted by molar-refractivity contribution is 6.65. The summed E-state index contributed by atoms with van der Waals surface area (Å²) in [5.74, 6) is 0. The molecule has 0 aromatic heterocycles. The summed E-state index contributed by atoms with van der Waals surface area (Å²) in [6.45, 7) is 3.65. The van der Waals surface area contributed by atoms with Gasteiger partial charge in [0.1, 0.15) is 0 Å². The summed E-state index contributed by atoms with van der Waals surface area (Å²) in [6, 6.07) is 5.04. The molecule has 0 saturated heterocycles. The fraction of sp³-hybridized carbons (Fsp3) is 0.364. The summed E-state index contributed by atoms with van der Waals surface area (Å²) >= 11 is 17.5. The topological polar surface area (TPSA) is 17.1 Å². The molecule has 0 fully saturated rings. The second kappa shape index (κ2) is 4.73. The molecule has 0 aliphatic heterocycles. The van der Waals surface area contributed by atoms with Crippen molar-refractivity contribution >= 4 is 40.0 Å². The lowest BCUT2D eigenvalue weighted by molar-refractivity contribution is -0.116. The molecule has 0 amide bonds. The third-order valence-corrected chi connectivity index (χ3v) is 3.65. The van der Waals surface area contributed by atoms with Crippen LogP contribution in [0.5, 0.6) is 0 Å². The zero-order chi connectivity index (χ0) is 11.6. The van der Waals surface area contributed by atoms with Crippen molar-refractivity contribution in [2.75, 3.05) is 0 Å². The second-order valence-corrected chi connectivity index (χ2v) is 4.77. The molecule has 1 nitrogen and oxygen atoms in total. The SMILES string of the molecule is CCC(C)(C(=O)Cl)c1cc(Cl)ccc1Cl. The van der Waals surface area contributed by atoms with Crippen LogP contribution in [0, 0.1) is 0 Å². The van der Waals surface area contributed by atoms with Crippen LogP contribution in [0.1, 0.15) is 25.8 Å². The van der Waals surface area contributed by atoms with Crippen LogP contribution in [0.15, 0.2) is 18.2 Å². The van der Waals surface area contributed by atoms with E-state index in [1.165, 1.54) is 0 Å². The molecule has 1 rings (SSSR count). The first-order valence-electron chi connectivity index (χ1n) is 4.57. The highest BCUT2D eigenvalue weighted by Gasteiger charge is 2.33. The molecule has 0 saturated carbocycles. The maximum atomic E-state index is 11.4. The standard InChI is InChI=1S/C11H11Cl3O/c1-3-11(2,10(14)15)8-6-7(12)4-5-9(8)13/h4-6H,3H2,1-2H3. The number of hydrogen-bond donors (Lipinski definition) is 0. The summed E-state index contributed by atoms with van der Waals surface area (Å²) in [5, 5.41) is 0.638. The van der Waals surface area contributed by atoms with Gasteiger partial charge in [-0.05, 0) is 48.7 Å². The van der Waals surface area contributed by atoms with Crippen LogP contribution in [0.25, 0.3) is 0 Å². The lowest BCUT2D eigenvalue weighted by atomic mass is 9.81. The lowest BCUT2D eigenvalue weighted by Gasteiger charge is -2.25. The average Bonchev–Trinajstić information content (AvgIpc) is 2.20. The largest absolute Gasteiger partial charge is 0.280 e. The maximum absolute atomic E-state index is 11.4. The van der Waals surface area contributed by atoms with Gasteiger partial charge in [0.2, 0.25) is 5.24 Å². The van der Waals surface area contributed by atoms with E-state index in [4.69, 9.17) is 34.8 Å². The van der Waals surface area contributed by atoms with Crippen molar-refractivity contribution in [1.82, 2.24) is 0 Å². The number of hydrogen-bond acceptors (Lipinski definition) is 1.